The van der Waals surface area contributed by atoms with Crippen molar-refractivity contribution in [3.05, 3.63) is 82.2 Å². The molecule has 2 heterocycles. The minimum Gasteiger partial charge on any atom is -0.350 e. The van der Waals surface area contributed by atoms with Crippen molar-refractivity contribution in [2.45, 2.75) is 0 Å². The molecule has 0 bridgehead atoms. The Bertz CT molecular complexity index is 1200. The maximum absolute atomic E-state index is 14.1. The Morgan fingerprint density at radius 3 is 2.63 bits per heavy atom. The molecule has 0 radical (unpaired) electrons. The first-order valence-corrected chi connectivity index (χ1v) is 9.82. The van der Waals surface area contributed by atoms with Gasteiger partial charge in [0.1, 0.15) is 16.5 Å². The number of nitrogens with one attached hydrogen (secondary N) is 2. The molecular weight excluding hydrogens is 431 g/mol. The van der Waals surface area contributed by atoms with Crippen molar-refractivity contribution < 1.29 is 18.8 Å². The Labute approximate surface area is 178 Å². The van der Waals surface area contributed by atoms with Gasteiger partial charge in [0, 0.05) is 22.8 Å². The van der Waals surface area contributed by atoms with E-state index in [0.717, 1.165) is 6.07 Å². The quantitative estimate of drug-likeness (QED) is 0.583. The van der Waals surface area contributed by atoms with Gasteiger partial charge in [-0.05, 0) is 30.3 Å². The number of benzene rings is 2. The van der Waals surface area contributed by atoms with E-state index in [0.29, 0.717) is 21.3 Å². The largest absolute Gasteiger partial charge is 0.350 e. The van der Waals surface area contributed by atoms with E-state index in [9.17, 15) is 18.8 Å². The molecule has 0 saturated carbocycles. The first-order valence-electron chi connectivity index (χ1n) is 8.56. The van der Waals surface area contributed by atoms with Crippen LogP contribution in [-0.2, 0) is 9.59 Å². The second kappa shape index (κ2) is 8.05. The summed E-state index contributed by atoms with van der Waals surface area (Å²) >= 11 is 7.34. The minimum atomic E-state index is -0.841. The van der Waals surface area contributed by atoms with E-state index in [1.807, 2.05) is 0 Å². The molecule has 0 aliphatic carbocycles. The molecule has 3 amide bonds. The molecule has 0 spiro atoms. The summed E-state index contributed by atoms with van der Waals surface area (Å²) in [4.78, 5) is 42.3. The molecule has 30 heavy (non-hydrogen) atoms. The summed E-state index contributed by atoms with van der Waals surface area (Å²) in [5.74, 6) is -2.76. The van der Waals surface area contributed by atoms with Crippen molar-refractivity contribution in [3.63, 3.8) is 0 Å². The number of nitrogens with zero attached hydrogens (tertiary/aromatic N) is 2. The number of hydrogen-bond acceptors (Lipinski definition) is 6. The van der Waals surface area contributed by atoms with Crippen molar-refractivity contribution in [1.29, 1.82) is 0 Å². The van der Waals surface area contributed by atoms with Gasteiger partial charge in [-0.15, -0.1) is 11.3 Å². The van der Waals surface area contributed by atoms with Gasteiger partial charge in [-0.2, -0.15) is 0 Å². The fourth-order valence-corrected chi connectivity index (χ4v) is 3.54. The zero-order valence-electron chi connectivity index (χ0n) is 15.1. The highest BCUT2D eigenvalue weighted by atomic mass is 35.5. The van der Waals surface area contributed by atoms with Crippen LogP contribution in [0.15, 0.2) is 70.8 Å². The lowest BCUT2D eigenvalue weighted by molar-refractivity contribution is -0.120. The van der Waals surface area contributed by atoms with Gasteiger partial charge in [-0.3, -0.25) is 19.7 Å². The van der Waals surface area contributed by atoms with Crippen molar-refractivity contribution in [1.82, 2.24) is 4.98 Å². The zero-order chi connectivity index (χ0) is 21.3. The fourth-order valence-electron chi connectivity index (χ4n) is 2.80. The lowest BCUT2D eigenvalue weighted by atomic mass is 10.2. The Kier molecular flexibility index (Phi) is 5.30. The SMILES string of the molecule is O=C(Nc1nccs1)c1cccc(NC2=C(Cl)C(=O)N(c3ccccc3F)C2=O)c1. The van der Waals surface area contributed by atoms with Crippen molar-refractivity contribution in [2.24, 2.45) is 0 Å². The van der Waals surface area contributed by atoms with Gasteiger partial charge in [0.05, 0.1) is 5.69 Å². The predicted molar refractivity (Wildman–Crippen MR) is 112 cm³/mol. The topological polar surface area (TPSA) is 91.4 Å². The van der Waals surface area contributed by atoms with Crippen LogP contribution in [0.5, 0.6) is 0 Å². The molecule has 1 aliphatic heterocycles. The molecular formula is C20H12ClFN4O3S. The molecule has 0 saturated heterocycles. The van der Waals surface area contributed by atoms with Gasteiger partial charge in [-0.1, -0.05) is 29.8 Å². The fraction of sp³-hybridized carbons (Fsp3) is 0. The number of thiazole rings is 1. The molecule has 3 aromatic rings. The second-order valence-corrected chi connectivity index (χ2v) is 7.36. The van der Waals surface area contributed by atoms with Gasteiger partial charge in [0.2, 0.25) is 0 Å². The number of halogens is 2. The van der Waals surface area contributed by atoms with Crippen LogP contribution in [0.4, 0.5) is 20.9 Å². The Morgan fingerprint density at radius 2 is 1.90 bits per heavy atom. The van der Waals surface area contributed by atoms with Gasteiger partial charge < -0.3 is 5.32 Å². The van der Waals surface area contributed by atoms with Gasteiger partial charge in [0.15, 0.2) is 5.13 Å². The number of aromatic nitrogens is 1. The number of hydrogen-bond donors (Lipinski definition) is 2. The third-order valence-electron chi connectivity index (χ3n) is 4.17. The Balaban J connectivity index is 1.57. The number of carbonyl (C=O) groups excluding carboxylic acids is 3. The number of amides is 3. The molecule has 1 aliphatic rings. The highest BCUT2D eigenvalue weighted by Crippen LogP contribution is 2.31. The number of carbonyl (C=O) groups is 3. The highest BCUT2D eigenvalue weighted by Gasteiger charge is 2.40. The van der Waals surface area contributed by atoms with Crippen LogP contribution in [0.2, 0.25) is 0 Å². The smallest absolute Gasteiger partial charge is 0.283 e. The molecule has 2 N–H and O–H groups in total. The van der Waals surface area contributed by atoms with E-state index >= 15 is 0 Å². The zero-order valence-corrected chi connectivity index (χ0v) is 16.6. The van der Waals surface area contributed by atoms with Crippen molar-refractivity contribution >= 4 is 57.2 Å². The maximum atomic E-state index is 14.1. The number of para-hydroxylation sites is 1. The summed E-state index contributed by atoms with van der Waals surface area (Å²) in [6.45, 7) is 0. The van der Waals surface area contributed by atoms with Crippen LogP contribution >= 0.6 is 22.9 Å². The third kappa shape index (κ3) is 3.68. The van der Waals surface area contributed by atoms with E-state index in [4.69, 9.17) is 11.6 Å². The molecule has 7 nitrogen and oxygen atoms in total. The summed E-state index contributed by atoms with van der Waals surface area (Å²) in [6.07, 6.45) is 1.57. The molecule has 2 aromatic carbocycles. The van der Waals surface area contributed by atoms with Crippen LogP contribution in [0.25, 0.3) is 0 Å². The van der Waals surface area contributed by atoms with E-state index in [1.54, 1.807) is 29.8 Å². The normalized spacial score (nSPS) is 13.7. The minimum absolute atomic E-state index is 0.195. The van der Waals surface area contributed by atoms with Crippen LogP contribution in [0.1, 0.15) is 10.4 Å². The monoisotopic (exact) mass is 442 g/mol. The molecule has 10 heteroatoms. The summed E-state index contributed by atoms with van der Waals surface area (Å²) in [7, 11) is 0. The van der Waals surface area contributed by atoms with Gasteiger partial charge >= 0.3 is 0 Å². The first kappa shape index (κ1) is 19.7. The maximum Gasteiger partial charge on any atom is 0.283 e. The lowest BCUT2D eigenvalue weighted by Gasteiger charge is -2.15. The number of anilines is 3. The van der Waals surface area contributed by atoms with Crippen LogP contribution < -0.4 is 15.5 Å². The average Bonchev–Trinajstić information content (AvgIpc) is 3.32. The molecule has 0 fully saturated rings. The summed E-state index contributed by atoms with van der Waals surface area (Å²) < 4.78 is 14.1. The molecule has 150 valence electrons. The third-order valence-corrected chi connectivity index (χ3v) is 5.21. The van der Waals surface area contributed by atoms with Gasteiger partial charge in [0.25, 0.3) is 17.7 Å². The lowest BCUT2D eigenvalue weighted by Crippen LogP contribution is -2.33. The first-order chi connectivity index (χ1) is 14.5. The number of rotatable bonds is 5. The van der Waals surface area contributed by atoms with Crippen LogP contribution in [-0.4, -0.2) is 22.7 Å². The van der Waals surface area contributed by atoms with E-state index < -0.39 is 23.5 Å². The summed E-state index contributed by atoms with van der Waals surface area (Å²) in [5, 5.41) is 7.21. The van der Waals surface area contributed by atoms with E-state index in [2.05, 4.69) is 15.6 Å². The summed E-state index contributed by atoms with van der Waals surface area (Å²) in [6, 6.07) is 11.7. The van der Waals surface area contributed by atoms with E-state index in [1.165, 1.54) is 35.6 Å². The average molecular weight is 443 g/mol. The molecule has 0 unspecified atom stereocenters. The second-order valence-electron chi connectivity index (χ2n) is 6.08. The van der Waals surface area contributed by atoms with Gasteiger partial charge in [-0.25, -0.2) is 14.3 Å². The van der Waals surface area contributed by atoms with Crippen LogP contribution in [0, 0.1) is 5.82 Å². The highest BCUT2D eigenvalue weighted by molar-refractivity contribution is 7.13. The van der Waals surface area contributed by atoms with Crippen molar-refractivity contribution in [2.75, 3.05) is 15.5 Å². The van der Waals surface area contributed by atoms with E-state index in [-0.39, 0.29) is 16.4 Å². The molecule has 1 aromatic heterocycles. The predicted octanol–water partition coefficient (Wildman–Crippen LogP) is 3.97. The Hall–Kier alpha value is -3.56. The number of imide groups is 1. The summed E-state index contributed by atoms with van der Waals surface area (Å²) in [5.41, 5.74) is 0.252. The standard InChI is InChI=1S/C20H12ClFN4O3S/c21-15-16(19(29)26(18(15)28)14-7-2-1-6-13(14)22)24-12-5-3-4-11(10-12)17(27)25-20-23-8-9-30-20/h1-10,24H,(H,23,25,27). The molecule has 4 rings (SSSR count). The van der Waals surface area contributed by atoms with Crippen LogP contribution in [0.3, 0.4) is 0 Å². The van der Waals surface area contributed by atoms with Crippen molar-refractivity contribution in [3.8, 4) is 0 Å². The molecule has 0 atom stereocenters. The Morgan fingerprint density at radius 1 is 1.10 bits per heavy atom.